The zero-order valence-electron chi connectivity index (χ0n) is 19.6. The molecule has 0 radical (unpaired) electrons. The fraction of sp³-hybridized carbons (Fsp3) is 0.129. The topological polar surface area (TPSA) is 66.5 Å². The van der Waals surface area contributed by atoms with Crippen LogP contribution in [0.5, 0.6) is 0 Å². The summed E-state index contributed by atoms with van der Waals surface area (Å²) in [4.78, 5) is 42.2. The Hall–Kier alpha value is -4.03. The summed E-state index contributed by atoms with van der Waals surface area (Å²) in [6, 6.07) is 32.1. The fourth-order valence-electron chi connectivity index (χ4n) is 6.45. The largest absolute Gasteiger partial charge is 0.322 e. The van der Waals surface area contributed by atoms with E-state index in [0.29, 0.717) is 16.9 Å². The number of hydrogen-bond donors (Lipinski definition) is 1. The predicted molar refractivity (Wildman–Crippen MR) is 145 cm³/mol. The van der Waals surface area contributed by atoms with Crippen molar-refractivity contribution in [1.82, 2.24) is 0 Å². The van der Waals surface area contributed by atoms with Gasteiger partial charge in [-0.25, -0.2) is 4.90 Å². The molecule has 1 fully saturated rings. The van der Waals surface area contributed by atoms with Crippen LogP contribution in [0.25, 0.3) is 0 Å². The van der Waals surface area contributed by atoms with Gasteiger partial charge < -0.3 is 5.32 Å². The van der Waals surface area contributed by atoms with Crippen LogP contribution in [0.4, 0.5) is 11.4 Å². The smallest absolute Gasteiger partial charge is 0.255 e. The molecule has 4 aromatic carbocycles. The highest BCUT2D eigenvalue weighted by Gasteiger charge is 2.67. The Kier molecular flexibility index (Phi) is 4.79. The number of carbonyl (C=O) groups excluding carboxylic acids is 3. The molecule has 8 rings (SSSR count). The number of anilines is 2. The van der Waals surface area contributed by atoms with Crippen molar-refractivity contribution in [3.8, 4) is 0 Å². The van der Waals surface area contributed by atoms with E-state index in [0.717, 1.165) is 22.3 Å². The summed E-state index contributed by atoms with van der Waals surface area (Å²) in [5, 5.41) is 2.88. The molecule has 1 aliphatic heterocycles. The maximum absolute atomic E-state index is 14.1. The first-order valence-electron chi connectivity index (χ1n) is 12.2. The monoisotopic (exact) mass is 548 g/mol. The Morgan fingerprint density at radius 2 is 1.38 bits per heavy atom. The molecule has 0 spiro atoms. The Bertz CT molecular complexity index is 1570. The van der Waals surface area contributed by atoms with E-state index < -0.39 is 16.2 Å². The van der Waals surface area contributed by atoms with Gasteiger partial charge in [-0.2, -0.15) is 0 Å². The van der Waals surface area contributed by atoms with Gasteiger partial charge in [0.1, 0.15) is 0 Å². The molecule has 5 nitrogen and oxygen atoms in total. The maximum Gasteiger partial charge on any atom is 0.255 e. The molecule has 4 aliphatic rings. The SMILES string of the molecule is O=C(Nc1cccc(N2C(=O)[C@@H]3[C@@H](C2=O)C2c4ccccc4C3(Br)c3ccccc32)c1)c1ccccc1. The second-order valence-corrected chi connectivity index (χ2v) is 11.0. The molecule has 6 heteroatoms. The molecule has 4 aromatic rings. The van der Waals surface area contributed by atoms with Crippen LogP contribution in [-0.4, -0.2) is 17.7 Å². The van der Waals surface area contributed by atoms with Gasteiger partial charge in [0.15, 0.2) is 0 Å². The quantitative estimate of drug-likeness (QED) is 0.258. The summed E-state index contributed by atoms with van der Waals surface area (Å²) in [6.07, 6.45) is 0. The van der Waals surface area contributed by atoms with Crippen molar-refractivity contribution in [2.75, 3.05) is 10.2 Å². The van der Waals surface area contributed by atoms with Crippen molar-refractivity contribution in [1.29, 1.82) is 0 Å². The Morgan fingerprint density at radius 3 is 2.05 bits per heavy atom. The predicted octanol–water partition coefficient (Wildman–Crippen LogP) is 5.84. The highest BCUT2D eigenvalue weighted by atomic mass is 79.9. The summed E-state index contributed by atoms with van der Waals surface area (Å²) in [6.45, 7) is 0. The molecule has 180 valence electrons. The third-order valence-electron chi connectivity index (χ3n) is 7.91. The Morgan fingerprint density at radius 1 is 0.757 bits per heavy atom. The molecule has 1 saturated heterocycles. The van der Waals surface area contributed by atoms with Crippen LogP contribution in [-0.2, 0) is 13.9 Å². The van der Waals surface area contributed by atoms with Gasteiger partial charge in [-0.15, -0.1) is 0 Å². The summed E-state index contributed by atoms with van der Waals surface area (Å²) < 4.78 is -0.791. The molecule has 0 aromatic heterocycles. The highest BCUT2D eigenvalue weighted by molar-refractivity contribution is 9.09. The first-order chi connectivity index (χ1) is 18.0. The van der Waals surface area contributed by atoms with Crippen LogP contribution < -0.4 is 10.2 Å². The standard InChI is InChI=1S/C31H21BrN2O3/c32-31-23-15-6-4-13-21(23)25(22-14-5-7-16-24(22)31)26-27(31)30(37)34(29(26)36)20-12-8-11-19(17-20)33-28(35)18-9-2-1-3-10-18/h1-17,25-27H,(H,33,35)/t25?,26-,27-,31?/m0/s1. The lowest BCUT2D eigenvalue weighted by Gasteiger charge is -2.51. The lowest BCUT2D eigenvalue weighted by molar-refractivity contribution is -0.122. The average molecular weight is 549 g/mol. The summed E-state index contributed by atoms with van der Waals surface area (Å²) in [5.74, 6) is -1.98. The maximum atomic E-state index is 14.1. The van der Waals surface area contributed by atoms with Crippen LogP contribution in [0.2, 0.25) is 0 Å². The average Bonchev–Trinajstić information content (AvgIpc) is 3.20. The van der Waals surface area contributed by atoms with E-state index in [1.54, 1.807) is 48.5 Å². The van der Waals surface area contributed by atoms with Gasteiger partial charge in [0.2, 0.25) is 11.8 Å². The van der Waals surface area contributed by atoms with Crippen LogP contribution in [0.15, 0.2) is 103 Å². The number of carbonyl (C=O) groups is 3. The second-order valence-electron chi connectivity index (χ2n) is 9.75. The van der Waals surface area contributed by atoms with Gasteiger partial charge in [-0.3, -0.25) is 14.4 Å². The zero-order valence-corrected chi connectivity index (χ0v) is 21.2. The van der Waals surface area contributed by atoms with E-state index in [9.17, 15) is 14.4 Å². The van der Waals surface area contributed by atoms with Crippen molar-refractivity contribution in [2.24, 2.45) is 11.8 Å². The fourth-order valence-corrected chi connectivity index (χ4v) is 7.65. The number of imide groups is 1. The third kappa shape index (κ3) is 2.99. The van der Waals surface area contributed by atoms with Crippen molar-refractivity contribution in [3.63, 3.8) is 0 Å². The van der Waals surface area contributed by atoms with Gasteiger partial charge >= 0.3 is 0 Å². The summed E-state index contributed by atoms with van der Waals surface area (Å²) in [7, 11) is 0. The first-order valence-corrected chi connectivity index (χ1v) is 13.0. The van der Waals surface area contributed by atoms with Crippen LogP contribution >= 0.6 is 15.9 Å². The minimum absolute atomic E-state index is 0.195. The molecule has 2 bridgehead atoms. The number of halogens is 1. The second kappa shape index (κ2) is 7.98. The van der Waals surface area contributed by atoms with E-state index in [1.807, 2.05) is 30.3 Å². The van der Waals surface area contributed by atoms with E-state index >= 15 is 0 Å². The molecule has 1 heterocycles. The number of amides is 3. The van der Waals surface area contributed by atoms with Gasteiger partial charge in [-0.1, -0.05) is 88.7 Å². The first kappa shape index (κ1) is 22.2. The van der Waals surface area contributed by atoms with Gasteiger partial charge in [0.05, 0.1) is 21.8 Å². The van der Waals surface area contributed by atoms with Crippen LogP contribution in [0.1, 0.15) is 38.5 Å². The molecule has 37 heavy (non-hydrogen) atoms. The molecular weight excluding hydrogens is 528 g/mol. The normalized spacial score (nSPS) is 24.9. The van der Waals surface area contributed by atoms with E-state index in [1.165, 1.54) is 4.90 Å². The number of nitrogens with one attached hydrogen (secondary N) is 1. The molecule has 3 amide bonds. The summed E-state index contributed by atoms with van der Waals surface area (Å²) >= 11 is 4.02. The number of rotatable bonds is 3. The van der Waals surface area contributed by atoms with Crippen molar-refractivity contribution in [3.05, 3.63) is 131 Å². The number of hydrogen-bond acceptors (Lipinski definition) is 3. The van der Waals surface area contributed by atoms with Crippen molar-refractivity contribution < 1.29 is 14.4 Å². The molecule has 0 saturated carbocycles. The zero-order chi connectivity index (χ0) is 25.3. The number of nitrogens with zero attached hydrogens (tertiary/aromatic N) is 1. The Labute approximate surface area is 222 Å². The minimum atomic E-state index is -0.791. The van der Waals surface area contributed by atoms with Crippen LogP contribution in [0.3, 0.4) is 0 Å². The third-order valence-corrected chi connectivity index (χ3v) is 9.26. The summed E-state index contributed by atoms with van der Waals surface area (Å²) in [5.41, 5.74) is 5.78. The Balaban J connectivity index is 1.30. The van der Waals surface area contributed by atoms with Gasteiger partial charge in [0.25, 0.3) is 5.91 Å². The van der Waals surface area contributed by atoms with E-state index in [2.05, 4.69) is 45.5 Å². The van der Waals surface area contributed by atoms with E-state index in [4.69, 9.17) is 0 Å². The van der Waals surface area contributed by atoms with Crippen molar-refractivity contribution >= 4 is 45.0 Å². The minimum Gasteiger partial charge on any atom is -0.322 e. The number of benzene rings is 4. The molecule has 3 aliphatic carbocycles. The molecule has 2 atom stereocenters. The lowest BCUT2D eigenvalue weighted by atomic mass is 9.55. The molecule has 0 unspecified atom stereocenters. The lowest BCUT2D eigenvalue weighted by Crippen LogP contribution is -2.50. The molecular formula is C31H21BrN2O3. The molecule has 1 N–H and O–H groups in total. The van der Waals surface area contributed by atoms with Gasteiger partial charge in [-0.05, 0) is 52.6 Å². The van der Waals surface area contributed by atoms with Crippen molar-refractivity contribution in [2.45, 2.75) is 10.2 Å². The van der Waals surface area contributed by atoms with Gasteiger partial charge in [0, 0.05) is 17.2 Å². The highest BCUT2D eigenvalue weighted by Crippen LogP contribution is 2.66. The van der Waals surface area contributed by atoms with E-state index in [-0.39, 0.29) is 23.6 Å². The van der Waals surface area contributed by atoms with Crippen LogP contribution in [0, 0.1) is 11.8 Å². The number of alkyl halides is 1.